The van der Waals surface area contributed by atoms with E-state index < -0.39 is 6.04 Å². The molecule has 4 N–H and O–H groups in total. The molecule has 0 aliphatic heterocycles. The number of nitrogens with two attached hydrogens (primary N) is 1. The largest absolute Gasteiger partial charge is 0.508 e. The predicted molar refractivity (Wildman–Crippen MR) is 75.0 cm³/mol. The molecule has 0 fully saturated rings. The monoisotopic (exact) mass is 276 g/mol. The molecule has 0 heterocycles. The molecule has 96 valence electrons. The average molecular weight is 277 g/mol. The van der Waals surface area contributed by atoms with Crippen LogP contribution in [-0.2, 0) is 4.79 Å². The summed E-state index contributed by atoms with van der Waals surface area (Å²) < 4.78 is 0. The number of amides is 1. The molecule has 0 saturated heterocycles. The van der Waals surface area contributed by atoms with Crippen LogP contribution in [0.1, 0.15) is 6.42 Å². The first-order chi connectivity index (χ1) is 7.63. The number of carbonyl (C=O) groups is 1. The summed E-state index contributed by atoms with van der Waals surface area (Å²) in [5.41, 5.74) is 6.26. The van der Waals surface area contributed by atoms with Gasteiger partial charge in [0.2, 0.25) is 5.91 Å². The van der Waals surface area contributed by atoms with E-state index in [4.69, 9.17) is 5.73 Å². The summed E-state index contributed by atoms with van der Waals surface area (Å²) >= 11 is 1.66. The van der Waals surface area contributed by atoms with E-state index in [1.54, 1.807) is 30.0 Å². The first kappa shape index (κ1) is 16.1. The fraction of sp³-hybridized carbons (Fsp3) is 0.364. The molecule has 0 bridgehead atoms. The van der Waals surface area contributed by atoms with E-state index in [1.165, 1.54) is 6.07 Å². The van der Waals surface area contributed by atoms with Gasteiger partial charge in [0.05, 0.1) is 6.04 Å². The Morgan fingerprint density at radius 1 is 1.59 bits per heavy atom. The molecule has 1 amide bonds. The third kappa shape index (κ3) is 5.81. The molecule has 0 aromatic heterocycles. The van der Waals surface area contributed by atoms with E-state index in [1.807, 2.05) is 6.26 Å². The van der Waals surface area contributed by atoms with Gasteiger partial charge in [0.15, 0.2) is 0 Å². The lowest BCUT2D eigenvalue weighted by Gasteiger charge is -2.11. The molecule has 0 unspecified atom stereocenters. The van der Waals surface area contributed by atoms with Crippen molar-refractivity contribution in [2.24, 2.45) is 5.73 Å². The van der Waals surface area contributed by atoms with E-state index in [-0.39, 0.29) is 24.1 Å². The topological polar surface area (TPSA) is 75.4 Å². The van der Waals surface area contributed by atoms with E-state index in [0.29, 0.717) is 12.1 Å². The first-order valence-electron chi connectivity index (χ1n) is 4.98. The minimum absolute atomic E-state index is 0. The molecule has 4 nitrogen and oxygen atoms in total. The molecule has 0 aliphatic rings. The van der Waals surface area contributed by atoms with Crippen LogP contribution in [0.25, 0.3) is 0 Å². The van der Waals surface area contributed by atoms with Gasteiger partial charge in [-0.3, -0.25) is 4.79 Å². The van der Waals surface area contributed by atoms with Gasteiger partial charge in [-0.2, -0.15) is 11.8 Å². The molecular weight excluding hydrogens is 260 g/mol. The van der Waals surface area contributed by atoms with E-state index >= 15 is 0 Å². The number of nitrogens with one attached hydrogen (secondary N) is 1. The molecule has 1 rings (SSSR count). The summed E-state index contributed by atoms with van der Waals surface area (Å²) in [6.07, 6.45) is 2.62. The van der Waals surface area contributed by atoms with E-state index in [2.05, 4.69) is 5.32 Å². The highest BCUT2D eigenvalue weighted by Gasteiger charge is 2.12. The van der Waals surface area contributed by atoms with Crippen molar-refractivity contribution in [3.05, 3.63) is 24.3 Å². The maximum atomic E-state index is 11.6. The van der Waals surface area contributed by atoms with Gasteiger partial charge in [-0.1, -0.05) is 6.07 Å². The summed E-state index contributed by atoms with van der Waals surface area (Å²) in [4.78, 5) is 11.6. The van der Waals surface area contributed by atoms with Gasteiger partial charge in [0.25, 0.3) is 0 Å². The van der Waals surface area contributed by atoms with Gasteiger partial charge >= 0.3 is 0 Å². The number of benzene rings is 1. The van der Waals surface area contributed by atoms with Gasteiger partial charge in [-0.05, 0) is 30.6 Å². The number of phenols is 1. The van der Waals surface area contributed by atoms with Crippen molar-refractivity contribution in [3.63, 3.8) is 0 Å². The third-order valence-corrected chi connectivity index (χ3v) is 2.73. The lowest BCUT2D eigenvalue weighted by Crippen LogP contribution is -2.36. The number of thioether (sulfide) groups is 1. The number of anilines is 1. The van der Waals surface area contributed by atoms with Crippen molar-refractivity contribution in [3.8, 4) is 5.75 Å². The molecule has 0 radical (unpaired) electrons. The number of hydrogen-bond donors (Lipinski definition) is 3. The summed E-state index contributed by atoms with van der Waals surface area (Å²) in [5.74, 6) is 0.754. The second-order valence-electron chi connectivity index (χ2n) is 3.43. The number of phenolic OH excluding ortho intramolecular Hbond substituents is 1. The van der Waals surface area contributed by atoms with Crippen LogP contribution in [0.4, 0.5) is 5.69 Å². The SMILES string of the molecule is CSCC[C@H](N)C(=O)Nc1cccc(O)c1.Cl. The Kier molecular flexibility index (Phi) is 7.78. The Labute approximate surface area is 111 Å². The van der Waals surface area contributed by atoms with Crippen LogP contribution in [0.15, 0.2) is 24.3 Å². The highest BCUT2D eigenvalue weighted by molar-refractivity contribution is 7.98. The highest BCUT2D eigenvalue weighted by atomic mass is 35.5. The van der Waals surface area contributed by atoms with Crippen molar-refractivity contribution in [1.29, 1.82) is 0 Å². The third-order valence-electron chi connectivity index (χ3n) is 2.08. The lowest BCUT2D eigenvalue weighted by molar-refractivity contribution is -0.117. The fourth-order valence-electron chi connectivity index (χ4n) is 1.19. The predicted octanol–water partition coefficient (Wildman–Crippen LogP) is 1.83. The fourth-order valence-corrected chi connectivity index (χ4v) is 1.68. The van der Waals surface area contributed by atoms with Crippen molar-refractivity contribution in [2.75, 3.05) is 17.3 Å². The Morgan fingerprint density at radius 3 is 2.88 bits per heavy atom. The van der Waals surface area contributed by atoms with Crippen LogP contribution < -0.4 is 11.1 Å². The molecular formula is C11H17ClN2O2S. The highest BCUT2D eigenvalue weighted by Crippen LogP contribution is 2.15. The van der Waals surface area contributed by atoms with Crippen molar-refractivity contribution in [2.45, 2.75) is 12.5 Å². The smallest absolute Gasteiger partial charge is 0.241 e. The van der Waals surface area contributed by atoms with Crippen LogP contribution in [0.2, 0.25) is 0 Å². The van der Waals surface area contributed by atoms with Crippen LogP contribution in [0.5, 0.6) is 5.75 Å². The zero-order chi connectivity index (χ0) is 12.0. The zero-order valence-corrected chi connectivity index (χ0v) is 11.2. The molecule has 0 spiro atoms. The van der Waals surface area contributed by atoms with Crippen molar-refractivity contribution in [1.82, 2.24) is 0 Å². The van der Waals surface area contributed by atoms with Gasteiger partial charge in [0.1, 0.15) is 5.75 Å². The van der Waals surface area contributed by atoms with Crippen LogP contribution in [0.3, 0.4) is 0 Å². The van der Waals surface area contributed by atoms with Gasteiger partial charge in [-0.15, -0.1) is 12.4 Å². The Balaban J connectivity index is 0.00000256. The number of aromatic hydroxyl groups is 1. The summed E-state index contributed by atoms with van der Waals surface area (Å²) in [6, 6.07) is 5.90. The van der Waals surface area contributed by atoms with Crippen LogP contribution in [-0.4, -0.2) is 29.1 Å². The van der Waals surface area contributed by atoms with E-state index in [9.17, 15) is 9.90 Å². The van der Waals surface area contributed by atoms with E-state index in [0.717, 1.165) is 5.75 Å². The second kappa shape index (κ2) is 8.22. The van der Waals surface area contributed by atoms with Crippen LogP contribution in [0, 0.1) is 0 Å². The summed E-state index contributed by atoms with van der Waals surface area (Å²) in [6.45, 7) is 0. The van der Waals surface area contributed by atoms with Crippen molar-refractivity contribution >= 4 is 35.8 Å². The molecule has 6 heteroatoms. The quantitative estimate of drug-likeness (QED) is 0.767. The molecule has 17 heavy (non-hydrogen) atoms. The standard InChI is InChI=1S/C11H16N2O2S.ClH/c1-16-6-5-10(12)11(15)13-8-3-2-4-9(14)7-8;/h2-4,7,10,14H,5-6,12H2,1H3,(H,13,15);1H/t10-;/m0./s1. The number of rotatable bonds is 5. The molecule has 1 atom stereocenters. The van der Waals surface area contributed by atoms with Gasteiger partial charge in [0, 0.05) is 11.8 Å². The molecule has 0 aliphatic carbocycles. The Hall–Kier alpha value is -0.910. The average Bonchev–Trinajstić information content (AvgIpc) is 2.25. The Bertz CT molecular complexity index is 363. The minimum Gasteiger partial charge on any atom is -0.508 e. The van der Waals surface area contributed by atoms with Crippen molar-refractivity contribution < 1.29 is 9.90 Å². The second-order valence-corrected chi connectivity index (χ2v) is 4.41. The minimum atomic E-state index is -0.505. The zero-order valence-electron chi connectivity index (χ0n) is 9.55. The number of hydrogen-bond acceptors (Lipinski definition) is 4. The van der Waals surface area contributed by atoms with Crippen LogP contribution >= 0.6 is 24.2 Å². The maximum absolute atomic E-state index is 11.6. The maximum Gasteiger partial charge on any atom is 0.241 e. The molecule has 0 saturated carbocycles. The number of carbonyl (C=O) groups excluding carboxylic acids is 1. The molecule has 1 aromatic rings. The number of halogens is 1. The van der Waals surface area contributed by atoms with Gasteiger partial charge in [-0.25, -0.2) is 0 Å². The normalized spacial score (nSPS) is 11.4. The van der Waals surface area contributed by atoms with Gasteiger partial charge < -0.3 is 16.2 Å². The summed E-state index contributed by atoms with van der Waals surface area (Å²) in [7, 11) is 0. The molecule has 1 aromatic carbocycles. The summed E-state index contributed by atoms with van der Waals surface area (Å²) in [5, 5.41) is 11.9. The Morgan fingerprint density at radius 2 is 2.29 bits per heavy atom. The first-order valence-corrected chi connectivity index (χ1v) is 6.37. The lowest BCUT2D eigenvalue weighted by atomic mass is 10.2.